The van der Waals surface area contributed by atoms with Gasteiger partial charge < -0.3 is 0 Å². The van der Waals surface area contributed by atoms with Crippen LogP contribution in [0.2, 0.25) is 0 Å². The number of benzene rings is 1. The summed E-state index contributed by atoms with van der Waals surface area (Å²) >= 11 is 3.56. The van der Waals surface area contributed by atoms with Crippen LogP contribution in [0.1, 0.15) is 43.6 Å². The van der Waals surface area contributed by atoms with Crippen molar-refractivity contribution in [1.82, 2.24) is 10.3 Å². The van der Waals surface area contributed by atoms with Gasteiger partial charge in [0.05, 0.1) is 0 Å². The number of carbonyl (C=O) groups is 1. The first-order chi connectivity index (χ1) is 9.83. The molecule has 21 heavy (non-hydrogen) atoms. The highest BCUT2D eigenvalue weighted by molar-refractivity contribution is 9.10. The summed E-state index contributed by atoms with van der Waals surface area (Å²) < 4.78 is 0.945. The first-order valence-corrected chi connectivity index (χ1v) is 8.14. The molecule has 1 rings (SSSR count). The first-order valence-electron chi connectivity index (χ1n) is 7.35. The Bertz CT molecular complexity index is 465. The minimum absolute atomic E-state index is 0.275. The van der Waals surface area contributed by atoms with E-state index in [0.29, 0.717) is 17.4 Å². The largest absolute Gasteiger partial charge is 0.299 e. The maximum Gasteiger partial charge on any atom is 0.265 e. The average molecular weight is 356 g/mol. The summed E-state index contributed by atoms with van der Waals surface area (Å²) in [5.74, 6) is 6.14. The summed E-state index contributed by atoms with van der Waals surface area (Å²) in [6, 6.07) is 5.62. The van der Waals surface area contributed by atoms with Crippen LogP contribution in [0.4, 0.5) is 0 Å². The smallest absolute Gasteiger partial charge is 0.265 e. The third-order valence-corrected chi connectivity index (χ3v) is 3.83. The Hall–Kier alpha value is -0.910. The topological polar surface area (TPSA) is 58.4 Å². The number of nitrogens with two attached hydrogens (primary N) is 1. The van der Waals surface area contributed by atoms with Gasteiger partial charge in [-0.1, -0.05) is 49.7 Å². The van der Waals surface area contributed by atoms with Crippen LogP contribution in [0.3, 0.4) is 0 Å². The SMILES string of the molecule is CC(C)CN(Cc1ccc(C(=O)NN)cc1Br)CC(C)C. The van der Waals surface area contributed by atoms with Crippen LogP contribution in [-0.2, 0) is 6.54 Å². The molecule has 0 unspecified atom stereocenters. The fraction of sp³-hybridized carbons (Fsp3) is 0.562. The maximum atomic E-state index is 11.5. The Balaban J connectivity index is 2.85. The highest BCUT2D eigenvalue weighted by atomic mass is 79.9. The molecule has 0 aromatic heterocycles. The van der Waals surface area contributed by atoms with Gasteiger partial charge in [0, 0.05) is 29.7 Å². The van der Waals surface area contributed by atoms with E-state index in [4.69, 9.17) is 5.84 Å². The molecule has 0 saturated heterocycles. The number of nitrogen functional groups attached to an aromatic ring is 1. The van der Waals surface area contributed by atoms with Crippen LogP contribution >= 0.6 is 15.9 Å². The van der Waals surface area contributed by atoms with E-state index in [1.165, 1.54) is 5.56 Å². The monoisotopic (exact) mass is 355 g/mol. The summed E-state index contributed by atoms with van der Waals surface area (Å²) in [5, 5.41) is 0. The number of carbonyl (C=O) groups excluding carboxylic acids is 1. The molecular weight excluding hydrogens is 330 g/mol. The van der Waals surface area contributed by atoms with Crippen LogP contribution < -0.4 is 11.3 Å². The Morgan fingerprint density at radius 1 is 1.24 bits per heavy atom. The summed E-state index contributed by atoms with van der Waals surface area (Å²) in [5.41, 5.74) is 3.90. The van der Waals surface area contributed by atoms with Crippen molar-refractivity contribution >= 4 is 21.8 Å². The van der Waals surface area contributed by atoms with Crippen LogP contribution in [0.15, 0.2) is 22.7 Å². The van der Waals surface area contributed by atoms with E-state index in [-0.39, 0.29) is 5.91 Å². The molecule has 0 spiro atoms. The predicted octanol–water partition coefficient (Wildman–Crippen LogP) is 3.17. The molecule has 0 radical (unpaired) electrons. The lowest BCUT2D eigenvalue weighted by Crippen LogP contribution is -2.31. The highest BCUT2D eigenvalue weighted by Gasteiger charge is 2.13. The van der Waals surface area contributed by atoms with E-state index in [9.17, 15) is 4.79 Å². The number of amides is 1. The number of hydrogen-bond donors (Lipinski definition) is 2. The number of hydrogen-bond acceptors (Lipinski definition) is 3. The Kier molecular flexibility index (Phi) is 7.35. The molecule has 3 N–H and O–H groups in total. The summed E-state index contributed by atoms with van der Waals surface area (Å²) in [7, 11) is 0. The van der Waals surface area contributed by atoms with Gasteiger partial charge >= 0.3 is 0 Å². The van der Waals surface area contributed by atoms with E-state index in [1.807, 2.05) is 18.2 Å². The van der Waals surface area contributed by atoms with E-state index in [1.54, 1.807) is 0 Å². The molecule has 0 aliphatic rings. The van der Waals surface area contributed by atoms with Gasteiger partial charge in [-0.3, -0.25) is 15.1 Å². The van der Waals surface area contributed by atoms with Crippen LogP contribution in [0, 0.1) is 11.8 Å². The zero-order chi connectivity index (χ0) is 16.0. The quantitative estimate of drug-likeness (QED) is 0.448. The first kappa shape index (κ1) is 18.1. The van der Waals surface area contributed by atoms with E-state index in [2.05, 4.69) is 54.0 Å². The summed E-state index contributed by atoms with van der Waals surface area (Å²) in [4.78, 5) is 14.0. The number of rotatable bonds is 7. The second-order valence-electron chi connectivity index (χ2n) is 6.26. The van der Waals surface area contributed by atoms with Gasteiger partial charge in [-0.15, -0.1) is 0 Å². The zero-order valence-electron chi connectivity index (χ0n) is 13.3. The molecule has 0 fully saturated rings. The van der Waals surface area contributed by atoms with Crippen molar-refractivity contribution in [1.29, 1.82) is 0 Å². The molecule has 4 nitrogen and oxygen atoms in total. The molecule has 0 heterocycles. The number of halogens is 1. The van der Waals surface area contributed by atoms with Gasteiger partial charge in [-0.05, 0) is 29.5 Å². The lowest BCUT2D eigenvalue weighted by molar-refractivity contribution is 0.0953. The number of nitrogens with one attached hydrogen (secondary N) is 1. The van der Waals surface area contributed by atoms with E-state index >= 15 is 0 Å². The standard InChI is InChI=1S/C16H26BrN3O/c1-11(2)8-20(9-12(3)4)10-14-6-5-13(7-15(14)17)16(21)19-18/h5-7,11-12H,8-10,18H2,1-4H3,(H,19,21). The van der Waals surface area contributed by atoms with Gasteiger partial charge in [0.15, 0.2) is 0 Å². The summed E-state index contributed by atoms with van der Waals surface area (Å²) in [6.45, 7) is 11.9. The fourth-order valence-corrected chi connectivity index (χ4v) is 2.88. The minimum Gasteiger partial charge on any atom is -0.299 e. The van der Waals surface area contributed by atoms with Crippen LogP contribution in [0.5, 0.6) is 0 Å². The normalized spacial score (nSPS) is 11.5. The molecule has 0 aliphatic heterocycles. The van der Waals surface area contributed by atoms with Gasteiger partial charge in [0.2, 0.25) is 0 Å². The van der Waals surface area contributed by atoms with Crippen LogP contribution in [-0.4, -0.2) is 23.9 Å². The van der Waals surface area contributed by atoms with Crippen molar-refractivity contribution in [2.24, 2.45) is 17.7 Å². The third-order valence-electron chi connectivity index (χ3n) is 3.09. The number of nitrogens with zero attached hydrogens (tertiary/aromatic N) is 1. The van der Waals surface area contributed by atoms with Crippen molar-refractivity contribution in [2.45, 2.75) is 34.2 Å². The Labute approximate surface area is 136 Å². The second-order valence-corrected chi connectivity index (χ2v) is 7.12. The lowest BCUT2D eigenvalue weighted by atomic mass is 10.1. The molecule has 1 aromatic carbocycles. The average Bonchev–Trinajstić information content (AvgIpc) is 2.38. The van der Waals surface area contributed by atoms with E-state index < -0.39 is 0 Å². The second kappa shape index (κ2) is 8.51. The molecule has 1 aromatic rings. The lowest BCUT2D eigenvalue weighted by Gasteiger charge is -2.26. The third kappa shape index (κ3) is 6.16. The summed E-state index contributed by atoms with van der Waals surface area (Å²) in [6.07, 6.45) is 0. The van der Waals surface area contributed by atoms with Gasteiger partial charge in [-0.25, -0.2) is 5.84 Å². The fourth-order valence-electron chi connectivity index (χ4n) is 2.38. The van der Waals surface area contributed by atoms with Gasteiger partial charge in [0.25, 0.3) is 5.91 Å². The molecule has 118 valence electrons. The highest BCUT2D eigenvalue weighted by Crippen LogP contribution is 2.21. The van der Waals surface area contributed by atoms with Gasteiger partial charge in [0.1, 0.15) is 0 Å². The van der Waals surface area contributed by atoms with Crippen molar-refractivity contribution in [3.05, 3.63) is 33.8 Å². The molecule has 0 bridgehead atoms. The zero-order valence-corrected chi connectivity index (χ0v) is 14.9. The predicted molar refractivity (Wildman–Crippen MR) is 90.7 cm³/mol. The molecule has 5 heteroatoms. The minimum atomic E-state index is -0.275. The van der Waals surface area contributed by atoms with Crippen molar-refractivity contribution in [2.75, 3.05) is 13.1 Å². The molecule has 1 amide bonds. The van der Waals surface area contributed by atoms with Crippen LogP contribution in [0.25, 0.3) is 0 Å². The van der Waals surface area contributed by atoms with Crippen molar-refractivity contribution in [3.63, 3.8) is 0 Å². The van der Waals surface area contributed by atoms with E-state index in [0.717, 1.165) is 24.1 Å². The van der Waals surface area contributed by atoms with Crippen molar-refractivity contribution in [3.8, 4) is 0 Å². The Morgan fingerprint density at radius 3 is 2.24 bits per heavy atom. The van der Waals surface area contributed by atoms with Gasteiger partial charge in [-0.2, -0.15) is 0 Å². The maximum absolute atomic E-state index is 11.5. The Morgan fingerprint density at radius 2 is 1.81 bits per heavy atom. The molecule has 0 atom stereocenters. The molecule has 0 saturated carbocycles. The number of hydrazine groups is 1. The molecule has 0 aliphatic carbocycles. The van der Waals surface area contributed by atoms with Crippen molar-refractivity contribution < 1.29 is 4.79 Å². The molecular formula is C16H26BrN3O.